The Morgan fingerprint density at radius 1 is 1.17 bits per heavy atom. The number of esters is 1. The molecule has 1 N–H and O–H groups in total. The van der Waals surface area contributed by atoms with E-state index in [4.69, 9.17) is 4.74 Å². The maximum absolute atomic E-state index is 12.3. The summed E-state index contributed by atoms with van der Waals surface area (Å²) in [5.41, 5.74) is 1.54. The van der Waals surface area contributed by atoms with Crippen LogP contribution in [0.3, 0.4) is 0 Å². The highest BCUT2D eigenvalue weighted by Gasteiger charge is 2.30. The normalized spacial score (nSPS) is 25.5. The lowest BCUT2D eigenvalue weighted by Crippen LogP contribution is -2.47. The zero-order chi connectivity index (χ0) is 17.0. The van der Waals surface area contributed by atoms with Crippen LogP contribution in [0, 0.1) is 18.8 Å². The zero-order valence-corrected chi connectivity index (χ0v) is 14.5. The van der Waals surface area contributed by atoms with Gasteiger partial charge in [-0.15, -0.1) is 0 Å². The van der Waals surface area contributed by atoms with Gasteiger partial charge in [-0.2, -0.15) is 0 Å². The summed E-state index contributed by atoms with van der Waals surface area (Å²) in [6, 6.07) is 7.31. The molecule has 0 unspecified atom stereocenters. The maximum atomic E-state index is 12.3. The van der Waals surface area contributed by atoms with Crippen molar-refractivity contribution in [3.05, 3.63) is 35.4 Å². The van der Waals surface area contributed by atoms with Gasteiger partial charge in [0, 0.05) is 6.04 Å². The standard InChI is InChI=1S/C19H27NO3/c1-12-8-10-16(11-9-12)19(22)23-15(4)18(21)20-17-7-5-6-13(2)14(17)3/h8-11,13-15,17H,5-7H2,1-4H3,(H,20,21)/t13-,14-,15+,17+/m0/s1. The number of hydrogen-bond acceptors (Lipinski definition) is 3. The van der Waals surface area contributed by atoms with E-state index in [0.29, 0.717) is 17.4 Å². The molecule has 1 saturated carbocycles. The van der Waals surface area contributed by atoms with Gasteiger partial charge in [0.15, 0.2) is 6.10 Å². The van der Waals surface area contributed by atoms with Crippen LogP contribution in [0.15, 0.2) is 24.3 Å². The zero-order valence-electron chi connectivity index (χ0n) is 14.5. The summed E-state index contributed by atoms with van der Waals surface area (Å²) in [7, 11) is 0. The lowest BCUT2D eigenvalue weighted by molar-refractivity contribution is -0.130. The van der Waals surface area contributed by atoms with Crippen molar-refractivity contribution >= 4 is 11.9 Å². The van der Waals surface area contributed by atoms with Gasteiger partial charge in [-0.25, -0.2) is 4.79 Å². The first-order chi connectivity index (χ1) is 10.9. The Balaban J connectivity index is 1.89. The monoisotopic (exact) mass is 317 g/mol. The maximum Gasteiger partial charge on any atom is 0.338 e. The number of nitrogens with one attached hydrogen (secondary N) is 1. The molecule has 0 bridgehead atoms. The molecule has 0 aromatic heterocycles. The molecule has 126 valence electrons. The SMILES string of the molecule is Cc1ccc(C(=O)O[C@H](C)C(=O)N[C@@H]2CCC[C@H](C)[C@@H]2C)cc1. The molecule has 1 fully saturated rings. The number of carbonyl (C=O) groups is 2. The lowest BCUT2D eigenvalue weighted by atomic mass is 9.78. The van der Waals surface area contributed by atoms with Crippen LogP contribution in [0.2, 0.25) is 0 Å². The first-order valence-electron chi connectivity index (χ1n) is 8.46. The molecule has 4 heteroatoms. The van der Waals surface area contributed by atoms with Crippen LogP contribution in [0.4, 0.5) is 0 Å². The third-order valence-electron chi connectivity index (χ3n) is 4.97. The summed E-state index contributed by atoms with van der Waals surface area (Å²) in [6.45, 7) is 7.98. The van der Waals surface area contributed by atoms with Crippen molar-refractivity contribution in [2.75, 3.05) is 0 Å². The van der Waals surface area contributed by atoms with E-state index >= 15 is 0 Å². The van der Waals surface area contributed by atoms with Gasteiger partial charge in [-0.05, 0) is 44.2 Å². The fourth-order valence-corrected chi connectivity index (χ4v) is 3.06. The summed E-state index contributed by atoms with van der Waals surface area (Å²) < 4.78 is 5.29. The van der Waals surface area contributed by atoms with Crippen LogP contribution in [0.25, 0.3) is 0 Å². The molecule has 4 atom stereocenters. The topological polar surface area (TPSA) is 55.4 Å². The van der Waals surface area contributed by atoms with Crippen molar-refractivity contribution in [1.82, 2.24) is 5.32 Å². The average molecular weight is 317 g/mol. The molecule has 0 heterocycles. The third-order valence-corrected chi connectivity index (χ3v) is 4.97. The number of aryl methyl sites for hydroxylation is 1. The molecule has 1 aromatic carbocycles. The largest absolute Gasteiger partial charge is 0.449 e. The second-order valence-corrected chi connectivity index (χ2v) is 6.80. The average Bonchev–Trinajstić information content (AvgIpc) is 2.52. The summed E-state index contributed by atoms with van der Waals surface area (Å²) in [5.74, 6) is 0.390. The van der Waals surface area contributed by atoms with Crippen LogP contribution in [-0.2, 0) is 9.53 Å². The molecular formula is C19H27NO3. The Labute approximate surface area is 138 Å². The highest BCUT2D eigenvalue weighted by atomic mass is 16.5. The highest BCUT2D eigenvalue weighted by Crippen LogP contribution is 2.29. The molecule has 1 amide bonds. The smallest absolute Gasteiger partial charge is 0.338 e. The van der Waals surface area contributed by atoms with Gasteiger partial charge in [-0.3, -0.25) is 4.79 Å². The summed E-state index contributed by atoms with van der Waals surface area (Å²) in [5, 5.41) is 3.05. The molecule has 2 rings (SSSR count). The van der Waals surface area contributed by atoms with E-state index in [-0.39, 0.29) is 11.9 Å². The van der Waals surface area contributed by atoms with E-state index in [1.54, 1.807) is 19.1 Å². The number of carbonyl (C=O) groups excluding carboxylic acids is 2. The Morgan fingerprint density at radius 3 is 2.48 bits per heavy atom. The van der Waals surface area contributed by atoms with Crippen LogP contribution in [0.1, 0.15) is 56.0 Å². The van der Waals surface area contributed by atoms with Crippen molar-refractivity contribution in [3.8, 4) is 0 Å². The van der Waals surface area contributed by atoms with Crippen molar-refractivity contribution < 1.29 is 14.3 Å². The predicted molar refractivity (Wildman–Crippen MR) is 90.2 cm³/mol. The Bertz CT molecular complexity index is 552. The van der Waals surface area contributed by atoms with Crippen molar-refractivity contribution in [1.29, 1.82) is 0 Å². The molecule has 1 aliphatic rings. The summed E-state index contributed by atoms with van der Waals surface area (Å²) in [6.07, 6.45) is 2.56. The van der Waals surface area contributed by atoms with Gasteiger partial charge in [-0.1, -0.05) is 44.4 Å². The molecule has 0 spiro atoms. The van der Waals surface area contributed by atoms with E-state index in [2.05, 4.69) is 19.2 Å². The predicted octanol–water partition coefficient (Wildman–Crippen LogP) is 3.48. The first-order valence-corrected chi connectivity index (χ1v) is 8.46. The summed E-state index contributed by atoms with van der Waals surface area (Å²) >= 11 is 0. The van der Waals surface area contributed by atoms with Gasteiger partial charge in [0.25, 0.3) is 5.91 Å². The first kappa shape index (κ1) is 17.5. The van der Waals surface area contributed by atoms with E-state index < -0.39 is 12.1 Å². The Hall–Kier alpha value is -1.84. The number of hydrogen-bond donors (Lipinski definition) is 1. The molecule has 4 nitrogen and oxygen atoms in total. The number of ether oxygens (including phenoxy) is 1. The minimum Gasteiger partial charge on any atom is -0.449 e. The molecular weight excluding hydrogens is 290 g/mol. The molecule has 1 aliphatic carbocycles. The van der Waals surface area contributed by atoms with Crippen LogP contribution in [0.5, 0.6) is 0 Å². The third kappa shape index (κ3) is 4.57. The quantitative estimate of drug-likeness (QED) is 0.865. The minimum absolute atomic E-state index is 0.173. The van der Waals surface area contributed by atoms with E-state index in [9.17, 15) is 9.59 Å². The Morgan fingerprint density at radius 2 is 1.83 bits per heavy atom. The van der Waals surface area contributed by atoms with E-state index in [0.717, 1.165) is 18.4 Å². The van der Waals surface area contributed by atoms with Gasteiger partial charge in [0.1, 0.15) is 0 Å². The lowest BCUT2D eigenvalue weighted by Gasteiger charge is -2.35. The van der Waals surface area contributed by atoms with Gasteiger partial charge >= 0.3 is 5.97 Å². The van der Waals surface area contributed by atoms with Crippen molar-refractivity contribution in [2.24, 2.45) is 11.8 Å². The van der Waals surface area contributed by atoms with Gasteiger partial charge < -0.3 is 10.1 Å². The Kier molecular flexibility index (Phi) is 5.80. The van der Waals surface area contributed by atoms with Crippen LogP contribution in [-0.4, -0.2) is 24.0 Å². The van der Waals surface area contributed by atoms with Crippen molar-refractivity contribution in [2.45, 2.75) is 59.1 Å². The number of amides is 1. The second kappa shape index (κ2) is 7.62. The van der Waals surface area contributed by atoms with Gasteiger partial charge in [0.2, 0.25) is 0 Å². The van der Waals surface area contributed by atoms with E-state index in [1.165, 1.54) is 6.42 Å². The molecule has 0 saturated heterocycles. The van der Waals surface area contributed by atoms with Gasteiger partial charge in [0.05, 0.1) is 5.56 Å². The number of rotatable bonds is 4. The molecule has 0 aliphatic heterocycles. The highest BCUT2D eigenvalue weighted by molar-refractivity contribution is 5.92. The molecule has 23 heavy (non-hydrogen) atoms. The minimum atomic E-state index is -0.784. The number of benzene rings is 1. The molecule has 0 radical (unpaired) electrons. The van der Waals surface area contributed by atoms with Crippen LogP contribution >= 0.6 is 0 Å². The fourth-order valence-electron chi connectivity index (χ4n) is 3.06. The van der Waals surface area contributed by atoms with E-state index in [1.807, 2.05) is 19.1 Å². The summed E-state index contributed by atoms with van der Waals surface area (Å²) in [4.78, 5) is 24.4. The fraction of sp³-hybridized carbons (Fsp3) is 0.579. The second-order valence-electron chi connectivity index (χ2n) is 6.80. The van der Waals surface area contributed by atoms with Crippen molar-refractivity contribution in [3.63, 3.8) is 0 Å². The van der Waals surface area contributed by atoms with Crippen LogP contribution < -0.4 is 5.32 Å². The molecule has 1 aromatic rings.